The second kappa shape index (κ2) is 7.79. The Morgan fingerprint density at radius 3 is 2.74 bits per heavy atom. The SMILES string of the molecule is CCNc1cc(C)ccc1C(=O)NCCOC(C)C. The molecule has 1 aromatic carbocycles. The fourth-order valence-corrected chi connectivity index (χ4v) is 1.75. The van der Waals surface area contributed by atoms with Gasteiger partial charge in [-0.25, -0.2) is 0 Å². The number of benzene rings is 1. The number of ether oxygens (including phenoxy) is 1. The maximum atomic E-state index is 12.1. The molecule has 0 atom stereocenters. The predicted octanol–water partition coefficient (Wildman–Crippen LogP) is 2.58. The molecule has 0 aromatic heterocycles. The molecule has 0 spiro atoms. The number of hydrogen-bond donors (Lipinski definition) is 2. The third kappa shape index (κ3) is 5.30. The number of amides is 1. The minimum atomic E-state index is -0.0664. The van der Waals surface area contributed by atoms with E-state index in [9.17, 15) is 4.79 Å². The van der Waals surface area contributed by atoms with Crippen LogP contribution in [0.2, 0.25) is 0 Å². The summed E-state index contributed by atoms with van der Waals surface area (Å²) in [7, 11) is 0. The second-order valence-electron chi connectivity index (χ2n) is 4.75. The van der Waals surface area contributed by atoms with E-state index >= 15 is 0 Å². The largest absolute Gasteiger partial charge is 0.385 e. The lowest BCUT2D eigenvalue weighted by atomic mass is 10.1. The van der Waals surface area contributed by atoms with Crippen molar-refractivity contribution in [1.82, 2.24) is 5.32 Å². The number of carbonyl (C=O) groups excluding carboxylic acids is 1. The molecular formula is C15H24N2O2. The van der Waals surface area contributed by atoms with Gasteiger partial charge < -0.3 is 15.4 Å². The Hall–Kier alpha value is -1.55. The third-order valence-electron chi connectivity index (χ3n) is 2.63. The molecule has 1 amide bonds. The van der Waals surface area contributed by atoms with E-state index in [1.165, 1.54) is 0 Å². The van der Waals surface area contributed by atoms with Crippen LogP contribution < -0.4 is 10.6 Å². The van der Waals surface area contributed by atoms with E-state index in [1.807, 2.05) is 45.9 Å². The molecule has 0 aliphatic rings. The van der Waals surface area contributed by atoms with Crippen LogP contribution in [0.4, 0.5) is 5.69 Å². The molecule has 0 heterocycles. The molecule has 19 heavy (non-hydrogen) atoms. The molecule has 0 bridgehead atoms. The van der Waals surface area contributed by atoms with Crippen molar-refractivity contribution in [1.29, 1.82) is 0 Å². The molecule has 0 saturated heterocycles. The van der Waals surface area contributed by atoms with Crippen LogP contribution in [0.5, 0.6) is 0 Å². The fourth-order valence-electron chi connectivity index (χ4n) is 1.75. The molecule has 4 nitrogen and oxygen atoms in total. The summed E-state index contributed by atoms with van der Waals surface area (Å²) in [5.74, 6) is -0.0664. The number of anilines is 1. The quantitative estimate of drug-likeness (QED) is 0.744. The van der Waals surface area contributed by atoms with Crippen molar-refractivity contribution in [3.8, 4) is 0 Å². The van der Waals surface area contributed by atoms with Gasteiger partial charge in [-0.2, -0.15) is 0 Å². The zero-order valence-corrected chi connectivity index (χ0v) is 12.2. The molecule has 0 radical (unpaired) electrons. The van der Waals surface area contributed by atoms with Crippen LogP contribution in [-0.2, 0) is 4.74 Å². The third-order valence-corrected chi connectivity index (χ3v) is 2.63. The van der Waals surface area contributed by atoms with Gasteiger partial charge in [-0.05, 0) is 45.4 Å². The first-order valence-electron chi connectivity index (χ1n) is 6.79. The molecule has 106 valence electrons. The van der Waals surface area contributed by atoms with E-state index < -0.39 is 0 Å². The van der Waals surface area contributed by atoms with Gasteiger partial charge in [-0.3, -0.25) is 4.79 Å². The number of hydrogen-bond acceptors (Lipinski definition) is 3. The minimum Gasteiger partial charge on any atom is -0.385 e. The Morgan fingerprint density at radius 1 is 1.37 bits per heavy atom. The molecule has 0 fully saturated rings. The molecule has 0 aliphatic heterocycles. The van der Waals surface area contributed by atoms with Gasteiger partial charge in [0.25, 0.3) is 5.91 Å². The van der Waals surface area contributed by atoms with E-state index in [-0.39, 0.29) is 12.0 Å². The van der Waals surface area contributed by atoms with Gasteiger partial charge in [-0.1, -0.05) is 6.07 Å². The Labute approximate surface area is 115 Å². The van der Waals surface area contributed by atoms with Gasteiger partial charge in [0.1, 0.15) is 0 Å². The average Bonchev–Trinajstić information content (AvgIpc) is 2.35. The Kier molecular flexibility index (Phi) is 6.36. The van der Waals surface area contributed by atoms with Gasteiger partial charge >= 0.3 is 0 Å². The Bertz CT molecular complexity index is 417. The average molecular weight is 264 g/mol. The van der Waals surface area contributed by atoms with E-state index in [2.05, 4.69) is 10.6 Å². The predicted molar refractivity (Wildman–Crippen MR) is 78.8 cm³/mol. The molecular weight excluding hydrogens is 240 g/mol. The Balaban J connectivity index is 2.60. The first-order chi connectivity index (χ1) is 9.04. The molecule has 0 saturated carbocycles. The van der Waals surface area contributed by atoms with Crippen LogP contribution in [0, 0.1) is 6.92 Å². The van der Waals surface area contributed by atoms with Crippen molar-refractivity contribution in [2.24, 2.45) is 0 Å². The second-order valence-corrected chi connectivity index (χ2v) is 4.75. The van der Waals surface area contributed by atoms with Crippen molar-refractivity contribution >= 4 is 11.6 Å². The molecule has 1 aromatic rings. The van der Waals surface area contributed by atoms with E-state index in [0.29, 0.717) is 18.7 Å². The van der Waals surface area contributed by atoms with Crippen molar-refractivity contribution in [3.63, 3.8) is 0 Å². The summed E-state index contributed by atoms with van der Waals surface area (Å²) in [6.45, 7) is 9.83. The highest BCUT2D eigenvalue weighted by Crippen LogP contribution is 2.17. The maximum Gasteiger partial charge on any atom is 0.253 e. The van der Waals surface area contributed by atoms with Crippen molar-refractivity contribution < 1.29 is 9.53 Å². The summed E-state index contributed by atoms with van der Waals surface area (Å²) in [4.78, 5) is 12.1. The van der Waals surface area contributed by atoms with Gasteiger partial charge in [0.15, 0.2) is 0 Å². The zero-order valence-electron chi connectivity index (χ0n) is 12.2. The van der Waals surface area contributed by atoms with Gasteiger partial charge in [-0.15, -0.1) is 0 Å². The summed E-state index contributed by atoms with van der Waals surface area (Å²) >= 11 is 0. The zero-order chi connectivity index (χ0) is 14.3. The highest BCUT2D eigenvalue weighted by Gasteiger charge is 2.10. The monoisotopic (exact) mass is 264 g/mol. The summed E-state index contributed by atoms with van der Waals surface area (Å²) in [6, 6.07) is 5.79. The number of carbonyl (C=O) groups is 1. The van der Waals surface area contributed by atoms with Crippen LogP contribution >= 0.6 is 0 Å². The molecule has 0 aliphatic carbocycles. The Morgan fingerprint density at radius 2 is 2.11 bits per heavy atom. The van der Waals surface area contributed by atoms with Crippen LogP contribution in [0.3, 0.4) is 0 Å². The first kappa shape index (κ1) is 15.5. The van der Waals surface area contributed by atoms with Gasteiger partial charge in [0.2, 0.25) is 0 Å². The standard InChI is InChI=1S/C15H24N2O2/c1-5-16-14-10-12(4)6-7-13(14)15(18)17-8-9-19-11(2)3/h6-7,10-11,16H,5,8-9H2,1-4H3,(H,17,18). The molecule has 0 unspecified atom stereocenters. The molecule has 2 N–H and O–H groups in total. The van der Waals surface area contributed by atoms with Crippen LogP contribution in [0.1, 0.15) is 36.7 Å². The summed E-state index contributed by atoms with van der Waals surface area (Å²) < 4.78 is 5.39. The highest BCUT2D eigenvalue weighted by atomic mass is 16.5. The summed E-state index contributed by atoms with van der Waals surface area (Å²) in [6.07, 6.45) is 0.189. The smallest absolute Gasteiger partial charge is 0.253 e. The first-order valence-corrected chi connectivity index (χ1v) is 6.79. The van der Waals surface area contributed by atoms with Crippen LogP contribution in [0.25, 0.3) is 0 Å². The van der Waals surface area contributed by atoms with Crippen LogP contribution in [0.15, 0.2) is 18.2 Å². The molecule has 4 heteroatoms. The van der Waals surface area contributed by atoms with E-state index in [1.54, 1.807) is 0 Å². The van der Waals surface area contributed by atoms with Gasteiger partial charge in [0, 0.05) is 18.8 Å². The minimum absolute atomic E-state index is 0.0664. The summed E-state index contributed by atoms with van der Waals surface area (Å²) in [5.41, 5.74) is 2.69. The lowest BCUT2D eigenvalue weighted by Gasteiger charge is -2.13. The van der Waals surface area contributed by atoms with Crippen molar-refractivity contribution in [2.45, 2.75) is 33.8 Å². The van der Waals surface area contributed by atoms with Crippen LogP contribution in [-0.4, -0.2) is 31.7 Å². The topological polar surface area (TPSA) is 50.4 Å². The van der Waals surface area contributed by atoms with Crippen molar-refractivity contribution in [3.05, 3.63) is 29.3 Å². The van der Waals surface area contributed by atoms with Gasteiger partial charge in [0.05, 0.1) is 18.3 Å². The lowest BCUT2D eigenvalue weighted by molar-refractivity contribution is 0.0747. The number of aryl methyl sites for hydroxylation is 1. The lowest BCUT2D eigenvalue weighted by Crippen LogP contribution is -2.28. The summed E-state index contributed by atoms with van der Waals surface area (Å²) in [5, 5.41) is 6.08. The fraction of sp³-hybridized carbons (Fsp3) is 0.533. The molecule has 1 rings (SSSR count). The normalized spacial score (nSPS) is 10.6. The van der Waals surface area contributed by atoms with E-state index in [4.69, 9.17) is 4.74 Å². The van der Waals surface area contributed by atoms with E-state index in [0.717, 1.165) is 17.8 Å². The number of rotatable bonds is 7. The number of nitrogens with one attached hydrogen (secondary N) is 2. The highest BCUT2D eigenvalue weighted by molar-refractivity contribution is 5.99. The van der Waals surface area contributed by atoms with Crippen molar-refractivity contribution in [2.75, 3.05) is 25.0 Å². The maximum absolute atomic E-state index is 12.1.